The van der Waals surface area contributed by atoms with Gasteiger partial charge in [0.1, 0.15) is 12.1 Å². The van der Waals surface area contributed by atoms with Gasteiger partial charge in [-0.05, 0) is 76.3 Å². The summed E-state index contributed by atoms with van der Waals surface area (Å²) in [5, 5.41) is 8.35. The highest BCUT2D eigenvalue weighted by Crippen LogP contribution is 2.25. The molecule has 1 atom stereocenters. The number of aryl methyl sites for hydroxylation is 3. The number of nitrogens with zero attached hydrogens (tertiary/aromatic N) is 5. The van der Waals surface area contributed by atoms with Gasteiger partial charge in [-0.2, -0.15) is 5.10 Å². The number of nitrogens with one attached hydrogen (secondary N) is 1. The van der Waals surface area contributed by atoms with Crippen LogP contribution in [0.2, 0.25) is 0 Å². The SMILES string of the molecule is O=c1cc2c(nn1CCN1CCCCC1CNc1ncnc3c1CCCC3)CCCC2. The maximum absolute atomic E-state index is 12.5. The van der Waals surface area contributed by atoms with Crippen LogP contribution in [0.1, 0.15) is 67.5 Å². The minimum atomic E-state index is 0.0555. The van der Waals surface area contributed by atoms with Crippen molar-refractivity contribution < 1.29 is 0 Å². The summed E-state index contributed by atoms with van der Waals surface area (Å²) in [5.41, 5.74) is 4.90. The van der Waals surface area contributed by atoms with Crippen molar-refractivity contribution in [3.63, 3.8) is 0 Å². The lowest BCUT2D eigenvalue weighted by Crippen LogP contribution is -2.46. The first-order valence-corrected chi connectivity index (χ1v) is 12.2. The summed E-state index contributed by atoms with van der Waals surface area (Å²) in [6.07, 6.45) is 14.4. The lowest BCUT2D eigenvalue weighted by molar-refractivity contribution is 0.147. The van der Waals surface area contributed by atoms with E-state index in [9.17, 15) is 4.79 Å². The first kappa shape index (κ1) is 20.6. The fourth-order valence-electron chi connectivity index (χ4n) is 5.46. The fourth-order valence-corrected chi connectivity index (χ4v) is 5.46. The zero-order chi connectivity index (χ0) is 21.0. The number of likely N-dealkylation sites (tertiary alicyclic amines) is 1. The van der Waals surface area contributed by atoms with Gasteiger partial charge in [-0.1, -0.05) is 6.42 Å². The average molecular weight is 423 g/mol. The maximum Gasteiger partial charge on any atom is 0.267 e. The van der Waals surface area contributed by atoms with Gasteiger partial charge >= 0.3 is 0 Å². The number of piperidine rings is 1. The van der Waals surface area contributed by atoms with E-state index in [0.29, 0.717) is 12.6 Å². The second-order valence-corrected chi connectivity index (χ2v) is 9.31. The summed E-state index contributed by atoms with van der Waals surface area (Å²) in [7, 11) is 0. The molecule has 166 valence electrons. The highest BCUT2D eigenvalue weighted by molar-refractivity contribution is 5.47. The standard InChI is InChI=1S/C24H34N6O/c31-23-15-18-7-1-3-10-21(18)28-30(23)14-13-29-12-6-5-8-19(29)16-25-24-20-9-2-4-11-22(20)26-17-27-24/h15,17,19H,1-14,16H2,(H,25,26,27). The first-order valence-electron chi connectivity index (χ1n) is 12.2. The molecule has 1 N–H and O–H groups in total. The molecule has 2 aromatic heterocycles. The topological polar surface area (TPSA) is 75.9 Å². The van der Waals surface area contributed by atoms with Crippen molar-refractivity contribution >= 4 is 5.82 Å². The number of hydrogen-bond acceptors (Lipinski definition) is 6. The molecule has 0 saturated carbocycles. The molecule has 0 amide bonds. The van der Waals surface area contributed by atoms with Crippen LogP contribution in [-0.4, -0.2) is 50.3 Å². The fraction of sp³-hybridized carbons (Fsp3) is 0.667. The van der Waals surface area contributed by atoms with Crippen molar-refractivity contribution in [3.05, 3.63) is 45.3 Å². The molecule has 7 nitrogen and oxygen atoms in total. The molecule has 1 aliphatic heterocycles. The van der Waals surface area contributed by atoms with Crippen molar-refractivity contribution in [1.82, 2.24) is 24.6 Å². The van der Waals surface area contributed by atoms with E-state index in [2.05, 4.69) is 20.2 Å². The van der Waals surface area contributed by atoms with E-state index >= 15 is 0 Å². The molecular weight excluding hydrogens is 388 g/mol. The molecule has 1 fully saturated rings. The Balaban J connectivity index is 1.23. The van der Waals surface area contributed by atoms with E-state index in [-0.39, 0.29) is 5.56 Å². The molecule has 3 heterocycles. The summed E-state index contributed by atoms with van der Waals surface area (Å²) in [5.74, 6) is 1.03. The molecular formula is C24H34N6O. The Morgan fingerprint density at radius 3 is 2.71 bits per heavy atom. The van der Waals surface area contributed by atoms with Gasteiger partial charge in [0.15, 0.2) is 0 Å². The Morgan fingerprint density at radius 1 is 0.935 bits per heavy atom. The van der Waals surface area contributed by atoms with Crippen LogP contribution in [0, 0.1) is 0 Å². The molecule has 0 radical (unpaired) electrons. The van der Waals surface area contributed by atoms with Gasteiger partial charge in [0.05, 0.1) is 12.2 Å². The van der Waals surface area contributed by atoms with Gasteiger partial charge in [-0.15, -0.1) is 0 Å². The highest BCUT2D eigenvalue weighted by atomic mass is 16.1. The number of anilines is 1. The lowest BCUT2D eigenvalue weighted by atomic mass is 9.96. The molecule has 3 aliphatic rings. The molecule has 1 unspecified atom stereocenters. The third kappa shape index (κ3) is 4.66. The molecule has 7 heteroatoms. The molecule has 2 aliphatic carbocycles. The minimum Gasteiger partial charge on any atom is -0.368 e. The molecule has 5 rings (SSSR count). The summed E-state index contributed by atoms with van der Waals surface area (Å²) in [6.45, 7) is 3.54. The zero-order valence-electron chi connectivity index (χ0n) is 18.5. The van der Waals surface area contributed by atoms with Crippen molar-refractivity contribution in [2.45, 2.75) is 83.2 Å². The van der Waals surface area contributed by atoms with Gasteiger partial charge in [0, 0.05) is 36.5 Å². The van der Waals surface area contributed by atoms with Crippen LogP contribution in [0.5, 0.6) is 0 Å². The number of hydrogen-bond donors (Lipinski definition) is 1. The summed E-state index contributed by atoms with van der Waals surface area (Å²) < 4.78 is 1.70. The van der Waals surface area contributed by atoms with Crippen LogP contribution in [-0.2, 0) is 32.2 Å². The van der Waals surface area contributed by atoms with E-state index in [1.54, 1.807) is 11.0 Å². The van der Waals surface area contributed by atoms with Crippen molar-refractivity contribution in [1.29, 1.82) is 0 Å². The Morgan fingerprint density at radius 2 is 1.77 bits per heavy atom. The summed E-state index contributed by atoms with van der Waals surface area (Å²) in [6, 6.07) is 2.30. The Labute approximate surface area is 184 Å². The molecule has 0 aromatic carbocycles. The number of rotatable bonds is 6. The van der Waals surface area contributed by atoms with Crippen molar-refractivity contribution in [2.75, 3.05) is 25.0 Å². The van der Waals surface area contributed by atoms with Crippen LogP contribution in [0.3, 0.4) is 0 Å². The van der Waals surface area contributed by atoms with Gasteiger partial charge in [0.2, 0.25) is 0 Å². The third-order valence-corrected chi connectivity index (χ3v) is 7.25. The van der Waals surface area contributed by atoms with Crippen LogP contribution in [0.15, 0.2) is 17.2 Å². The van der Waals surface area contributed by atoms with E-state index in [4.69, 9.17) is 5.10 Å². The van der Waals surface area contributed by atoms with Gasteiger partial charge < -0.3 is 5.32 Å². The predicted molar refractivity (Wildman–Crippen MR) is 122 cm³/mol. The van der Waals surface area contributed by atoms with Crippen molar-refractivity contribution in [2.24, 2.45) is 0 Å². The molecule has 0 bridgehead atoms. The molecule has 1 saturated heterocycles. The molecule has 2 aromatic rings. The van der Waals surface area contributed by atoms with Crippen LogP contribution in [0.25, 0.3) is 0 Å². The Hall–Kier alpha value is -2.28. The van der Waals surface area contributed by atoms with Gasteiger partial charge in [0.25, 0.3) is 5.56 Å². The van der Waals surface area contributed by atoms with Crippen LogP contribution >= 0.6 is 0 Å². The smallest absolute Gasteiger partial charge is 0.267 e. The first-order chi connectivity index (χ1) is 15.3. The highest BCUT2D eigenvalue weighted by Gasteiger charge is 2.24. The monoisotopic (exact) mass is 422 g/mol. The van der Waals surface area contributed by atoms with Gasteiger partial charge in [-0.25, -0.2) is 14.6 Å². The zero-order valence-corrected chi connectivity index (χ0v) is 18.5. The third-order valence-electron chi connectivity index (χ3n) is 7.25. The second-order valence-electron chi connectivity index (χ2n) is 9.31. The molecule has 31 heavy (non-hydrogen) atoms. The Kier molecular flexibility index (Phi) is 6.30. The van der Waals surface area contributed by atoms with Gasteiger partial charge in [-0.3, -0.25) is 9.69 Å². The van der Waals surface area contributed by atoms with Crippen LogP contribution < -0.4 is 10.9 Å². The van der Waals surface area contributed by atoms with Crippen LogP contribution in [0.4, 0.5) is 5.82 Å². The summed E-state index contributed by atoms with van der Waals surface area (Å²) >= 11 is 0. The average Bonchev–Trinajstić information content (AvgIpc) is 2.82. The summed E-state index contributed by atoms with van der Waals surface area (Å²) in [4.78, 5) is 24.1. The number of fused-ring (bicyclic) bond motifs is 2. The van der Waals surface area contributed by atoms with E-state index in [1.165, 1.54) is 61.8 Å². The van der Waals surface area contributed by atoms with E-state index in [1.807, 2.05) is 6.07 Å². The Bertz CT molecular complexity index is 971. The lowest BCUT2D eigenvalue weighted by Gasteiger charge is -2.36. The maximum atomic E-state index is 12.5. The predicted octanol–water partition coefficient (Wildman–Crippen LogP) is 2.76. The second kappa shape index (κ2) is 9.47. The van der Waals surface area contributed by atoms with E-state index < -0.39 is 0 Å². The minimum absolute atomic E-state index is 0.0555. The number of aromatic nitrogens is 4. The quantitative estimate of drug-likeness (QED) is 0.772. The van der Waals surface area contributed by atoms with E-state index in [0.717, 1.165) is 56.8 Å². The largest absolute Gasteiger partial charge is 0.368 e. The normalized spacial score (nSPS) is 21.4. The molecule has 0 spiro atoms. The van der Waals surface area contributed by atoms with Crippen molar-refractivity contribution in [3.8, 4) is 0 Å².